The molecule has 0 aliphatic carbocycles. The van der Waals surface area contributed by atoms with Crippen molar-refractivity contribution in [3.8, 4) is 11.1 Å². The Kier molecular flexibility index (Phi) is 6.08. The molecule has 3 heteroatoms. The van der Waals surface area contributed by atoms with Gasteiger partial charge < -0.3 is 0 Å². The van der Waals surface area contributed by atoms with Gasteiger partial charge in [-0.15, -0.1) is 0 Å². The van der Waals surface area contributed by atoms with Crippen LogP contribution in [0.3, 0.4) is 0 Å². The van der Waals surface area contributed by atoms with E-state index in [1.54, 1.807) is 30.4 Å². The fourth-order valence-corrected chi connectivity index (χ4v) is 2.08. The first kappa shape index (κ1) is 16.4. The summed E-state index contributed by atoms with van der Waals surface area (Å²) in [4.78, 5) is 10.7. The largest absolute Gasteiger partial charge is 0.277 e. The van der Waals surface area contributed by atoms with Gasteiger partial charge in [0.05, 0.1) is 10.5 Å². The summed E-state index contributed by atoms with van der Waals surface area (Å²) in [6, 6.07) is 12.3. The Hall–Kier alpha value is -2.68. The molecule has 2 rings (SSSR count). The Labute approximate surface area is 125 Å². The van der Waals surface area contributed by atoms with Gasteiger partial charge in [0.2, 0.25) is 0 Å². The van der Waals surface area contributed by atoms with Crippen molar-refractivity contribution in [1.82, 2.24) is 0 Å². The number of nitro benzene ring substituents is 1. The number of nitro groups is 1. The van der Waals surface area contributed by atoms with E-state index < -0.39 is 0 Å². The zero-order chi connectivity index (χ0) is 15.8. The summed E-state index contributed by atoms with van der Waals surface area (Å²) in [6.45, 7) is 11.5. The first-order valence-corrected chi connectivity index (χ1v) is 6.80. The predicted molar refractivity (Wildman–Crippen MR) is 90.1 cm³/mol. The van der Waals surface area contributed by atoms with E-state index in [-0.39, 0.29) is 10.6 Å². The molecule has 0 heterocycles. The molecule has 21 heavy (non-hydrogen) atoms. The molecule has 0 spiro atoms. The molecule has 0 unspecified atom stereocenters. The Morgan fingerprint density at radius 3 is 2.14 bits per heavy atom. The molecule has 0 saturated heterocycles. The summed E-state index contributed by atoms with van der Waals surface area (Å²) >= 11 is 0. The summed E-state index contributed by atoms with van der Waals surface area (Å²) in [5.41, 5.74) is 3.23. The van der Waals surface area contributed by atoms with Gasteiger partial charge in [0.1, 0.15) is 0 Å². The van der Waals surface area contributed by atoms with Crippen molar-refractivity contribution in [1.29, 1.82) is 0 Å². The van der Waals surface area contributed by atoms with Gasteiger partial charge in [0.25, 0.3) is 5.69 Å². The first-order valence-electron chi connectivity index (χ1n) is 6.80. The van der Waals surface area contributed by atoms with E-state index in [0.29, 0.717) is 5.56 Å². The van der Waals surface area contributed by atoms with Crippen LogP contribution in [-0.4, -0.2) is 4.92 Å². The topological polar surface area (TPSA) is 43.1 Å². The molecule has 0 fully saturated rings. The second kappa shape index (κ2) is 7.80. The van der Waals surface area contributed by atoms with Crippen LogP contribution in [0.2, 0.25) is 0 Å². The van der Waals surface area contributed by atoms with Crippen LogP contribution in [0, 0.1) is 10.1 Å². The molecule has 2 aromatic carbocycles. The number of nitrogens with zero attached hydrogens (tertiary/aromatic N) is 1. The minimum Gasteiger partial charge on any atom is -0.258 e. The van der Waals surface area contributed by atoms with Crippen molar-refractivity contribution >= 4 is 17.8 Å². The predicted octanol–water partition coefficient (Wildman–Crippen LogP) is 5.57. The molecule has 108 valence electrons. The minimum absolute atomic E-state index is 0.0896. The van der Waals surface area contributed by atoms with Crippen LogP contribution in [-0.2, 0) is 0 Å². The van der Waals surface area contributed by atoms with Crippen molar-refractivity contribution in [3.63, 3.8) is 0 Å². The number of hydrogen-bond acceptors (Lipinski definition) is 2. The van der Waals surface area contributed by atoms with Crippen LogP contribution in [0.5, 0.6) is 0 Å². The molecule has 3 nitrogen and oxygen atoms in total. The number of rotatable bonds is 4. The summed E-state index contributed by atoms with van der Waals surface area (Å²) in [5, 5.41) is 11.1. The van der Waals surface area contributed by atoms with Crippen LogP contribution in [0.15, 0.2) is 55.6 Å². The van der Waals surface area contributed by atoms with E-state index in [1.807, 2.05) is 32.0 Å². The Morgan fingerprint density at radius 1 is 0.952 bits per heavy atom. The number of hydrogen-bond donors (Lipinski definition) is 0. The first-order chi connectivity index (χ1) is 10.2. The van der Waals surface area contributed by atoms with E-state index in [9.17, 15) is 10.1 Å². The maximum atomic E-state index is 11.1. The third kappa shape index (κ3) is 3.45. The van der Waals surface area contributed by atoms with Crippen LogP contribution in [0.1, 0.15) is 25.0 Å². The lowest BCUT2D eigenvalue weighted by Crippen LogP contribution is -1.94. The Balaban J connectivity index is 0.00000106. The van der Waals surface area contributed by atoms with Crippen molar-refractivity contribution < 1.29 is 4.92 Å². The molecule has 0 radical (unpaired) electrons. The molecule has 0 amide bonds. The summed E-state index contributed by atoms with van der Waals surface area (Å²) in [7, 11) is 0. The van der Waals surface area contributed by atoms with E-state index in [0.717, 1.165) is 16.7 Å². The Morgan fingerprint density at radius 2 is 1.57 bits per heavy atom. The van der Waals surface area contributed by atoms with Crippen molar-refractivity contribution in [2.24, 2.45) is 0 Å². The third-order valence-corrected chi connectivity index (χ3v) is 2.95. The SMILES string of the molecule is C=Cc1cccc(-c2ccccc2[N+](=O)[O-])c1C=C.CC. The molecule has 0 aliphatic rings. The third-order valence-electron chi connectivity index (χ3n) is 2.95. The lowest BCUT2D eigenvalue weighted by atomic mass is 9.94. The van der Waals surface area contributed by atoms with Gasteiger partial charge in [-0.2, -0.15) is 0 Å². The number of benzene rings is 2. The van der Waals surface area contributed by atoms with Crippen LogP contribution >= 0.6 is 0 Å². The van der Waals surface area contributed by atoms with E-state index in [2.05, 4.69) is 13.2 Å². The maximum absolute atomic E-state index is 11.1. The second-order valence-electron chi connectivity index (χ2n) is 3.99. The molecule has 2 aromatic rings. The summed E-state index contributed by atoms with van der Waals surface area (Å²) < 4.78 is 0. The molecular formula is C18H19NO2. The maximum Gasteiger partial charge on any atom is 0.277 e. The van der Waals surface area contributed by atoms with Crippen LogP contribution < -0.4 is 0 Å². The fourth-order valence-electron chi connectivity index (χ4n) is 2.08. The van der Waals surface area contributed by atoms with Crippen molar-refractivity contribution in [3.05, 3.63) is 76.9 Å². The minimum atomic E-state index is -0.372. The zero-order valence-electron chi connectivity index (χ0n) is 12.4. The average molecular weight is 281 g/mol. The van der Waals surface area contributed by atoms with E-state index >= 15 is 0 Å². The van der Waals surface area contributed by atoms with Crippen molar-refractivity contribution in [2.45, 2.75) is 13.8 Å². The summed E-state index contributed by atoms with van der Waals surface area (Å²) in [5.74, 6) is 0. The standard InChI is InChI=1S/C16H13NO2.C2H6/c1-3-12-8-7-10-14(13(12)4-2)15-9-5-6-11-16(15)17(18)19;1-2/h3-11H,1-2H2;1-2H3. The quantitative estimate of drug-likeness (QED) is 0.542. The van der Waals surface area contributed by atoms with Gasteiger partial charge in [0.15, 0.2) is 0 Å². The van der Waals surface area contributed by atoms with Gasteiger partial charge in [-0.3, -0.25) is 10.1 Å². The molecule has 0 aliphatic heterocycles. The van der Waals surface area contributed by atoms with Crippen LogP contribution in [0.4, 0.5) is 5.69 Å². The highest BCUT2D eigenvalue weighted by Gasteiger charge is 2.16. The van der Waals surface area contributed by atoms with Gasteiger partial charge in [-0.1, -0.05) is 69.5 Å². The second-order valence-corrected chi connectivity index (χ2v) is 3.99. The Bertz CT molecular complexity index is 660. The average Bonchev–Trinajstić information content (AvgIpc) is 2.55. The molecule has 0 N–H and O–H groups in total. The van der Waals surface area contributed by atoms with E-state index in [1.165, 1.54) is 6.07 Å². The molecular weight excluding hydrogens is 262 g/mol. The van der Waals surface area contributed by atoms with Gasteiger partial charge in [-0.25, -0.2) is 0 Å². The number of para-hydroxylation sites is 1. The van der Waals surface area contributed by atoms with Crippen molar-refractivity contribution in [2.75, 3.05) is 0 Å². The van der Waals surface area contributed by atoms with Crippen LogP contribution in [0.25, 0.3) is 23.3 Å². The molecule has 0 aromatic heterocycles. The lowest BCUT2D eigenvalue weighted by molar-refractivity contribution is -0.384. The van der Waals surface area contributed by atoms with Gasteiger partial charge in [-0.05, 0) is 22.8 Å². The lowest BCUT2D eigenvalue weighted by Gasteiger charge is -2.09. The normalized spacial score (nSPS) is 9.24. The summed E-state index contributed by atoms with van der Waals surface area (Å²) in [6.07, 6.45) is 3.42. The highest BCUT2D eigenvalue weighted by Crippen LogP contribution is 2.34. The smallest absolute Gasteiger partial charge is 0.258 e. The fraction of sp³-hybridized carbons (Fsp3) is 0.111. The molecule has 0 atom stereocenters. The highest BCUT2D eigenvalue weighted by molar-refractivity contribution is 5.84. The highest BCUT2D eigenvalue weighted by atomic mass is 16.6. The van der Waals surface area contributed by atoms with E-state index in [4.69, 9.17) is 0 Å². The monoisotopic (exact) mass is 281 g/mol. The molecule has 0 bridgehead atoms. The van der Waals surface area contributed by atoms with Gasteiger partial charge >= 0.3 is 0 Å². The zero-order valence-corrected chi connectivity index (χ0v) is 12.4. The van der Waals surface area contributed by atoms with Gasteiger partial charge in [0, 0.05) is 6.07 Å². The molecule has 0 saturated carbocycles.